The van der Waals surface area contributed by atoms with Gasteiger partial charge in [-0.2, -0.15) is 0 Å². The zero-order valence-electron chi connectivity index (χ0n) is 29.6. The lowest BCUT2D eigenvalue weighted by Gasteiger charge is -2.29. The number of fused-ring (bicyclic) bond motifs is 11. The van der Waals surface area contributed by atoms with Gasteiger partial charge in [0.1, 0.15) is 0 Å². The van der Waals surface area contributed by atoms with E-state index in [-0.39, 0.29) is 5.41 Å². The molecule has 0 aliphatic heterocycles. The predicted molar refractivity (Wildman–Crippen MR) is 230 cm³/mol. The Kier molecular flexibility index (Phi) is 6.53. The molecule has 0 saturated carbocycles. The molecule has 53 heavy (non-hydrogen) atoms. The molecule has 250 valence electrons. The molecular formula is C51H35NS. The minimum absolute atomic E-state index is 0.0875. The van der Waals surface area contributed by atoms with Crippen molar-refractivity contribution in [2.45, 2.75) is 19.3 Å². The van der Waals surface area contributed by atoms with E-state index in [2.05, 4.69) is 195 Å². The van der Waals surface area contributed by atoms with Gasteiger partial charge in [-0.05, 0) is 103 Å². The summed E-state index contributed by atoms with van der Waals surface area (Å²) in [6.45, 7) is 4.72. The Morgan fingerprint density at radius 2 is 1.04 bits per heavy atom. The molecule has 0 N–H and O–H groups in total. The highest BCUT2D eigenvalue weighted by atomic mass is 32.1. The lowest BCUT2D eigenvalue weighted by atomic mass is 9.82. The van der Waals surface area contributed by atoms with E-state index < -0.39 is 0 Å². The molecule has 1 aliphatic carbocycles. The molecule has 10 aromatic rings. The molecule has 11 rings (SSSR count). The van der Waals surface area contributed by atoms with Crippen LogP contribution in [-0.2, 0) is 5.41 Å². The first kappa shape index (κ1) is 30.4. The van der Waals surface area contributed by atoms with Crippen molar-refractivity contribution < 1.29 is 0 Å². The molecule has 0 radical (unpaired) electrons. The van der Waals surface area contributed by atoms with Crippen molar-refractivity contribution in [3.63, 3.8) is 0 Å². The highest BCUT2D eigenvalue weighted by molar-refractivity contribution is 7.25. The average Bonchev–Trinajstić information content (AvgIpc) is 3.69. The number of hydrogen-bond acceptors (Lipinski definition) is 2. The minimum Gasteiger partial charge on any atom is -0.310 e. The van der Waals surface area contributed by atoms with Crippen molar-refractivity contribution in [2.75, 3.05) is 4.90 Å². The lowest BCUT2D eigenvalue weighted by molar-refractivity contribution is 0.660. The molecule has 2 heteroatoms. The Bertz CT molecular complexity index is 3090. The van der Waals surface area contributed by atoms with Gasteiger partial charge >= 0.3 is 0 Å². The molecule has 1 heterocycles. The Balaban J connectivity index is 1.10. The van der Waals surface area contributed by atoms with Gasteiger partial charge in [-0.25, -0.2) is 0 Å². The summed E-state index contributed by atoms with van der Waals surface area (Å²) in [5, 5.41) is 10.3. The van der Waals surface area contributed by atoms with Crippen LogP contribution in [0.25, 0.3) is 74.7 Å². The molecule has 1 nitrogen and oxygen atoms in total. The summed E-state index contributed by atoms with van der Waals surface area (Å²) in [7, 11) is 0. The van der Waals surface area contributed by atoms with E-state index in [1.807, 2.05) is 11.3 Å². The standard InChI is InChI=1S/C51H35NS/c1-51(2)45-17-7-5-14-43(45)50-46(51)18-10-19-47(50)52(35-26-30-49-44(31-35)42-13-6-8-20-48(42)53-49)34-24-21-33(22-25-34)37-15-9-16-38-39(37)28-29-40-36-12-4-3-11-32(36)23-27-41(38)40/h3-31H,1-2H3. The van der Waals surface area contributed by atoms with Gasteiger partial charge in [-0.1, -0.05) is 147 Å². The van der Waals surface area contributed by atoms with Gasteiger partial charge in [0.25, 0.3) is 0 Å². The van der Waals surface area contributed by atoms with E-state index in [1.54, 1.807) is 0 Å². The third kappa shape index (κ3) is 4.49. The quantitative estimate of drug-likeness (QED) is 0.166. The molecule has 0 spiro atoms. The molecule has 1 aliphatic rings. The van der Waals surface area contributed by atoms with E-state index >= 15 is 0 Å². The summed E-state index contributed by atoms with van der Waals surface area (Å²) < 4.78 is 2.63. The van der Waals surface area contributed by atoms with Crippen LogP contribution in [-0.4, -0.2) is 0 Å². The number of benzene rings is 9. The minimum atomic E-state index is -0.0875. The molecular weight excluding hydrogens is 659 g/mol. The molecule has 1 aromatic heterocycles. The number of rotatable bonds is 4. The maximum atomic E-state index is 2.48. The van der Waals surface area contributed by atoms with Gasteiger partial charge in [0, 0.05) is 42.5 Å². The van der Waals surface area contributed by atoms with Crippen LogP contribution in [0.1, 0.15) is 25.0 Å². The molecule has 0 amide bonds. The van der Waals surface area contributed by atoms with Crippen LogP contribution in [0.2, 0.25) is 0 Å². The van der Waals surface area contributed by atoms with Crippen molar-refractivity contribution >= 4 is 80.9 Å². The third-order valence-corrected chi connectivity index (χ3v) is 12.8. The van der Waals surface area contributed by atoms with Gasteiger partial charge in [0.2, 0.25) is 0 Å². The highest BCUT2D eigenvalue weighted by Gasteiger charge is 2.37. The fourth-order valence-corrected chi connectivity index (χ4v) is 10.2. The van der Waals surface area contributed by atoms with Crippen molar-refractivity contribution in [1.29, 1.82) is 0 Å². The highest BCUT2D eigenvalue weighted by Crippen LogP contribution is 2.54. The normalized spacial score (nSPS) is 13.2. The van der Waals surface area contributed by atoms with E-state index in [1.165, 1.54) is 91.6 Å². The van der Waals surface area contributed by atoms with Gasteiger partial charge in [-0.3, -0.25) is 0 Å². The Labute approximate surface area is 313 Å². The van der Waals surface area contributed by atoms with Crippen molar-refractivity contribution in [3.8, 4) is 22.3 Å². The summed E-state index contributed by atoms with van der Waals surface area (Å²) in [6.07, 6.45) is 0. The second-order valence-electron chi connectivity index (χ2n) is 14.9. The summed E-state index contributed by atoms with van der Waals surface area (Å²) in [5.41, 5.74) is 11.3. The van der Waals surface area contributed by atoms with Crippen molar-refractivity contribution in [2.24, 2.45) is 0 Å². The second-order valence-corrected chi connectivity index (χ2v) is 16.0. The molecule has 0 bridgehead atoms. The monoisotopic (exact) mass is 693 g/mol. The molecule has 0 unspecified atom stereocenters. The summed E-state index contributed by atoms with van der Waals surface area (Å²) >= 11 is 1.87. The second kappa shape index (κ2) is 11.4. The van der Waals surface area contributed by atoms with Gasteiger partial charge in [0.05, 0.1) is 5.69 Å². The topological polar surface area (TPSA) is 3.24 Å². The first-order chi connectivity index (χ1) is 26.0. The van der Waals surface area contributed by atoms with Crippen LogP contribution in [0.3, 0.4) is 0 Å². The lowest BCUT2D eigenvalue weighted by Crippen LogP contribution is -2.16. The molecule has 0 saturated heterocycles. The summed E-state index contributed by atoms with van der Waals surface area (Å²) in [5.74, 6) is 0. The van der Waals surface area contributed by atoms with Crippen LogP contribution in [0.15, 0.2) is 176 Å². The number of anilines is 3. The Hall–Kier alpha value is -6.22. The number of thiophene rings is 1. The Morgan fingerprint density at radius 1 is 0.415 bits per heavy atom. The molecule has 9 aromatic carbocycles. The average molecular weight is 694 g/mol. The van der Waals surface area contributed by atoms with Crippen molar-refractivity contribution in [3.05, 3.63) is 187 Å². The largest absolute Gasteiger partial charge is 0.310 e. The first-order valence-corrected chi connectivity index (χ1v) is 19.2. The zero-order valence-corrected chi connectivity index (χ0v) is 30.4. The maximum Gasteiger partial charge on any atom is 0.0543 e. The smallest absolute Gasteiger partial charge is 0.0543 e. The van der Waals surface area contributed by atoms with E-state index in [4.69, 9.17) is 0 Å². The summed E-state index contributed by atoms with van der Waals surface area (Å²) in [6, 6.07) is 65.4. The van der Waals surface area contributed by atoms with Gasteiger partial charge in [-0.15, -0.1) is 11.3 Å². The summed E-state index contributed by atoms with van der Waals surface area (Å²) in [4.78, 5) is 2.48. The van der Waals surface area contributed by atoms with Crippen LogP contribution in [0, 0.1) is 0 Å². The van der Waals surface area contributed by atoms with E-state index in [9.17, 15) is 0 Å². The number of nitrogens with zero attached hydrogens (tertiary/aromatic N) is 1. The number of hydrogen-bond donors (Lipinski definition) is 0. The van der Waals surface area contributed by atoms with Crippen LogP contribution >= 0.6 is 11.3 Å². The van der Waals surface area contributed by atoms with Gasteiger partial charge in [0.15, 0.2) is 0 Å². The fraction of sp³-hybridized carbons (Fsp3) is 0.0588. The Morgan fingerprint density at radius 3 is 1.94 bits per heavy atom. The first-order valence-electron chi connectivity index (χ1n) is 18.4. The van der Waals surface area contributed by atoms with E-state index in [0.717, 1.165) is 11.4 Å². The maximum absolute atomic E-state index is 2.48. The van der Waals surface area contributed by atoms with Gasteiger partial charge < -0.3 is 4.90 Å². The zero-order chi connectivity index (χ0) is 35.3. The fourth-order valence-electron chi connectivity index (χ4n) is 9.10. The van der Waals surface area contributed by atoms with E-state index in [0.29, 0.717) is 0 Å². The molecule has 0 fully saturated rings. The third-order valence-electron chi connectivity index (χ3n) is 11.7. The molecule has 0 atom stereocenters. The van der Waals surface area contributed by atoms with Crippen LogP contribution in [0.5, 0.6) is 0 Å². The predicted octanol–water partition coefficient (Wildman–Crippen LogP) is 15.0. The SMILES string of the molecule is CC1(C)c2ccccc2-c2c(N(c3ccc(-c4cccc5c4ccc4c6ccccc6ccc54)cc3)c3ccc4sc5ccccc5c4c3)cccc21. The van der Waals surface area contributed by atoms with Crippen LogP contribution in [0.4, 0.5) is 17.1 Å². The van der Waals surface area contributed by atoms with Crippen LogP contribution < -0.4 is 4.90 Å². The van der Waals surface area contributed by atoms with Crippen molar-refractivity contribution in [1.82, 2.24) is 0 Å².